The summed E-state index contributed by atoms with van der Waals surface area (Å²) in [6.45, 7) is 0.551. The Labute approximate surface area is 170 Å². The fourth-order valence-electron chi connectivity index (χ4n) is 3.93. The predicted molar refractivity (Wildman–Crippen MR) is 106 cm³/mol. The summed E-state index contributed by atoms with van der Waals surface area (Å²) >= 11 is 0. The van der Waals surface area contributed by atoms with Crippen LogP contribution in [0.3, 0.4) is 0 Å². The van der Waals surface area contributed by atoms with E-state index in [0.717, 1.165) is 22.3 Å². The van der Waals surface area contributed by atoms with Crippen molar-refractivity contribution in [2.75, 3.05) is 11.5 Å². The van der Waals surface area contributed by atoms with Gasteiger partial charge in [0.05, 0.1) is 18.4 Å². The number of Topliss-reactive ketones (excluding diaryl/α,β-unsaturated/α-hetero) is 1. The largest absolute Gasteiger partial charge is 0.507 e. The van der Waals surface area contributed by atoms with Crippen molar-refractivity contribution in [1.82, 2.24) is 0 Å². The van der Waals surface area contributed by atoms with Gasteiger partial charge < -0.3 is 14.3 Å². The minimum atomic E-state index is -1.02. The number of aliphatic hydroxyl groups is 1. The van der Waals surface area contributed by atoms with Gasteiger partial charge in [-0.05, 0) is 54.1 Å². The van der Waals surface area contributed by atoms with Crippen LogP contribution in [0.15, 0.2) is 70.9 Å². The van der Waals surface area contributed by atoms with E-state index < -0.39 is 23.5 Å². The number of fused-ring (bicyclic) bond motifs is 1. The summed E-state index contributed by atoms with van der Waals surface area (Å²) in [5.41, 5.74) is 1.39. The summed E-state index contributed by atoms with van der Waals surface area (Å²) in [5, 5.41) is 11.1. The number of amides is 1. The molecular weight excluding hydrogens is 389 g/mol. The maximum atomic E-state index is 13.8. The van der Waals surface area contributed by atoms with Crippen molar-refractivity contribution < 1.29 is 28.2 Å². The highest BCUT2D eigenvalue weighted by atomic mass is 19.1. The van der Waals surface area contributed by atoms with Gasteiger partial charge in [0.2, 0.25) is 0 Å². The lowest BCUT2D eigenvalue weighted by Crippen LogP contribution is -2.29. The number of aliphatic hydroxyl groups excluding tert-OH is 1. The molecule has 0 saturated carbocycles. The predicted octanol–water partition coefficient (Wildman–Crippen LogP) is 3.98. The summed E-state index contributed by atoms with van der Waals surface area (Å²) in [4.78, 5) is 27.0. The van der Waals surface area contributed by atoms with E-state index in [1.165, 1.54) is 24.5 Å². The Morgan fingerprint density at radius 1 is 1.10 bits per heavy atom. The number of furan rings is 1. The molecular formula is C23H16FNO5. The topological polar surface area (TPSA) is 80.0 Å². The lowest BCUT2D eigenvalue weighted by atomic mass is 9.98. The maximum absolute atomic E-state index is 13.8. The van der Waals surface area contributed by atoms with Crippen LogP contribution in [-0.4, -0.2) is 23.4 Å². The standard InChI is InChI=1S/C23H16FNO5/c24-15-3-1-4-16(12-15)25-20(18-5-2-9-29-18)19(22(27)23(25)28)21(26)14-6-7-17-13(11-14)8-10-30-17/h1-7,9,11-12,20,26H,8,10H2/b21-19-. The average Bonchev–Trinajstić information content (AvgIpc) is 3.47. The molecule has 2 aromatic carbocycles. The van der Waals surface area contributed by atoms with E-state index in [0.29, 0.717) is 18.6 Å². The van der Waals surface area contributed by atoms with E-state index >= 15 is 0 Å². The maximum Gasteiger partial charge on any atom is 0.300 e. The van der Waals surface area contributed by atoms with E-state index in [9.17, 15) is 19.1 Å². The zero-order valence-corrected chi connectivity index (χ0v) is 15.7. The highest BCUT2D eigenvalue weighted by Crippen LogP contribution is 2.42. The number of halogens is 1. The number of hydrogen-bond acceptors (Lipinski definition) is 5. The summed E-state index contributed by atoms with van der Waals surface area (Å²) in [5.74, 6) is -1.59. The number of ether oxygens (including phenoxy) is 1. The van der Waals surface area contributed by atoms with Gasteiger partial charge in [0, 0.05) is 17.7 Å². The van der Waals surface area contributed by atoms with Gasteiger partial charge in [-0.2, -0.15) is 0 Å². The van der Waals surface area contributed by atoms with E-state index in [1.807, 2.05) is 0 Å². The number of benzene rings is 2. The molecule has 0 spiro atoms. The summed E-state index contributed by atoms with van der Waals surface area (Å²) in [6, 6.07) is 12.7. The first kappa shape index (κ1) is 18.2. The van der Waals surface area contributed by atoms with Gasteiger partial charge in [-0.25, -0.2) is 4.39 Å². The van der Waals surface area contributed by atoms with Crippen LogP contribution in [0.1, 0.15) is 22.9 Å². The molecule has 5 rings (SSSR count). The van der Waals surface area contributed by atoms with Crippen LogP contribution < -0.4 is 9.64 Å². The molecule has 1 amide bonds. The van der Waals surface area contributed by atoms with E-state index in [-0.39, 0.29) is 22.8 Å². The minimum Gasteiger partial charge on any atom is -0.507 e. The smallest absolute Gasteiger partial charge is 0.300 e. The molecule has 2 aliphatic heterocycles. The quantitative estimate of drug-likeness (QED) is 0.405. The molecule has 1 atom stereocenters. The van der Waals surface area contributed by atoms with Gasteiger partial charge in [0.1, 0.15) is 29.1 Å². The molecule has 1 fully saturated rings. The van der Waals surface area contributed by atoms with E-state index in [1.54, 1.807) is 30.3 Å². The second-order valence-electron chi connectivity index (χ2n) is 7.09. The van der Waals surface area contributed by atoms with Gasteiger partial charge in [-0.3, -0.25) is 14.5 Å². The molecule has 0 radical (unpaired) electrons. The molecule has 0 aliphatic carbocycles. The molecule has 2 aliphatic rings. The van der Waals surface area contributed by atoms with Crippen LogP contribution in [0.25, 0.3) is 5.76 Å². The second kappa shape index (κ2) is 6.88. The third-order valence-corrected chi connectivity index (χ3v) is 5.31. The van der Waals surface area contributed by atoms with Crippen LogP contribution in [0.5, 0.6) is 5.75 Å². The average molecular weight is 405 g/mol. The zero-order valence-electron chi connectivity index (χ0n) is 15.7. The molecule has 1 N–H and O–H groups in total. The van der Waals surface area contributed by atoms with E-state index in [4.69, 9.17) is 9.15 Å². The van der Waals surface area contributed by atoms with Crippen molar-refractivity contribution in [2.24, 2.45) is 0 Å². The number of ketones is 1. The van der Waals surface area contributed by atoms with Crippen LogP contribution >= 0.6 is 0 Å². The van der Waals surface area contributed by atoms with Gasteiger partial charge in [-0.15, -0.1) is 0 Å². The summed E-state index contributed by atoms with van der Waals surface area (Å²) in [7, 11) is 0. The number of hydrogen-bond donors (Lipinski definition) is 1. The second-order valence-corrected chi connectivity index (χ2v) is 7.09. The van der Waals surface area contributed by atoms with Crippen molar-refractivity contribution in [3.8, 4) is 5.75 Å². The first-order chi connectivity index (χ1) is 14.5. The van der Waals surface area contributed by atoms with E-state index in [2.05, 4.69) is 0 Å². The first-order valence-electron chi connectivity index (χ1n) is 9.40. The monoisotopic (exact) mass is 405 g/mol. The Morgan fingerprint density at radius 2 is 1.97 bits per heavy atom. The molecule has 150 valence electrons. The Morgan fingerprint density at radius 3 is 2.73 bits per heavy atom. The molecule has 30 heavy (non-hydrogen) atoms. The van der Waals surface area contributed by atoms with Gasteiger partial charge >= 0.3 is 0 Å². The van der Waals surface area contributed by atoms with Gasteiger partial charge in [0.15, 0.2) is 0 Å². The van der Waals surface area contributed by atoms with Crippen LogP contribution in [-0.2, 0) is 16.0 Å². The molecule has 1 aromatic heterocycles. The number of anilines is 1. The molecule has 0 bridgehead atoms. The Bertz CT molecular complexity index is 1200. The first-order valence-corrected chi connectivity index (χ1v) is 9.40. The lowest BCUT2D eigenvalue weighted by molar-refractivity contribution is -0.132. The van der Waals surface area contributed by atoms with Crippen LogP contribution in [0.2, 0.25) is 0 Å². The SMILES string of the molecule is O=C1C(=O)N(c2cccc(F)c2)C(c2ccco2)/C1=C(/O)c1ccc2c(c1)CCO2. The molecule has 1 unspecified atom stereocenters. The zero-order chi connectivity index (χ0) is 20.8. The normalized spacial score (nSPS) is 19.8. The van der Waals surface area contributed by atoms with Crippen molar-refractivity contribution in [3.63, 3.8) is 0 Å². The molecule has 7 heteroatoms. The van der Waals surface area contributed by atoms with Crippen molar-refractivity contribution in [3.05, 3.63) is 89.1 Å². The number of nitrogens with zero attached hydrogens (tertiary/aromatic N) is 1. The van der Waals surface area contributed by atoms with Crippen molar-refractivity contribution in [2.45, 2.75) is 12.5 Å². The van der Waals surface area contributed by atoms with Crippen LogP contribution in [0.4, 0.5) is 10.1 Å². The Balaban J connectivity index is 1.69. The van der Waals surface area contributed by atoms with Gasteiger partial charge in [0.25, 0.3) is 11.7 Å². The van der Waals surface area contributed by atoms with Crippen LogP contribution in [0, 0.1) is 5.82 Å². The number of carbonyl (C=O) groups is 2. The molecule has 1 saturated heterocycles. The molecule has 3 heterocycles. The van der Waals surface area contributed by atoms with Crippen molar-refractivity contribution in [1.29, 1.82) is 0 Å². The highest BCUT2D eigenvalue weighted by molar-refractivity contribution is 6.51. The molecule has 3 aromatic rings. The van der Waals surface area contributed by atoms with Gasteiger partial charge in [-0.1, -0.05) is 6.07 Å². The Hall–Kier alpha value is -3.87. The summed E-state index contributed by atoms with van der Waals surface area (Å²) in [6.07, 6.45) is 2.10. The third-order valence-electron chi connectivity index (χ3n) is 5.31. The fraction of sp³-hybridized carbons (Fsp3) is 0.130. The van der Waals surface area contributed by atoms with Crippen molar-refractivity contribution >= 4 is 23.1 Å². The number of carbonyl (C=O) groups excluding carboxylic acids is 2. The fourth-order valence-corrected chi connectivity index (χ4v) is 3.93. The molecule has 6 nitrogen and oxygen atoms in total. The Kier molecular flexibility index (Phi) is 4.17. The highest BCUT2D eigenvalue weighted by Gasteiger charge is 2.48. The minimum absolute atomic E-state index is 0.113. The third kappa shape index (κ3) is 2.78. The number of rotatable bonds is 3. The lowest BCUT2D eigenvalue weighted by Gasteiger charge is -2.23. The summed E-state index contributed by atoms with van der Waals surface area (Å²) < 4.78 is 24.8.